The average molecular weight is 338 g/mol. The molecule has 0 N–H and O–H groups in total. The highest BCUT2D eigenvalue weighted by Gasteiger charge is 2.51. The molecule has 8 heteroatoms. The smallest absolute Gasteiger partial charge is 0.304 e. The van der Waals surface area contributed by atoms with E-state index in [4.69, 9.17) is 18.9 Å². The van der Waals surface area contributed by atoms with Gasteiger partial charge in [0, 0.05) is 32.9 Å². The highest BCUT2D eigenvalue weighted by molar-refractivity contribution is 5.68. The van der Waals surface area contributed by atoms with Gasteiger partial charge in [-0.05, 0) is 0 Å². The lowest BCUT2D eigenvalue weighted by Gasteiger charge is -2.37. The van der Waals surface area contributed by atoms with Crippen LogP contribution in [0.3, 0.4) is 0 Å². The Bertz CT molecular complexity index is 604. The van der Waals surface area contributed by atoms with Gasteiger partial charge in [-0.3, -0.25) is 14.4 Å². The Hall–Kier alpha value is -2.48. The molecular formula is C16H20NO7+. The van der Waals surface area contributed by atoms with E-state index in [9.17, 15) is 14.4 Å². The van der Waals surface area contributed by atoms with Crippen molar-refractivity contribution in [2.45, 2.75) is 45.3 Å². The Morgan fingerprint density at radius 1 is 0.875 bits per heavy atom. The molecule has 24 heavy (non-hydrogen) atoms. The standard InChI is InChI=1S/C16H20NO7/c1-10(18)22-13-9-21-16(17-7-5-4-6-8-17)15(24-12(3)20)14(13)23-11(2)19/h4-8,13-16H,9H2,1-3H3/q+1/t13-,14+,15-,16+/m1/s1. The maximum atomic E-state index is 11.5. The Labute approximate surface area is 139 Å². The van der Waals surface area contributed by atoms with E-state index in [1.165, 1.54) is 20.8 Å². The average Bonchev–Trinajstić information content (AvgIpc) is 2.50. The molecule has 0 aromatic carbocycles. The predicted octanol–water partition coefficient (Wildman–Crippen LogP) is 0.298. The molecule has 1 aromatic heterocycles. The van der Waals surface area contributed by atoms with Crippen molar-refractivity contribution in [3.8, 4) is 0 Å². The zero-order valence-electron chi connectivity index (χ0n) is 13.7. The van der Waals surface area contributed by atoms with Crippen molar-refractivity contribution in [2.75, 3.05) is 6.61 Å². The first-order valence-corrected chi connectivity index (χ1v) is 7.47. The molecule has 0 bridgehead atoms. The number of hydrogen-bond donors (Lipinski definition) is 0. The second kappa shape index (κ2) is 7.87. The van der Waals surface area contributed by atoms with Gasteiger partial charge in [-0.25, -0.2) is 0 Å². The number of ether oxygens (including phenoxy) is 4. The molecule has 1 aliphatic rings. The first-order chi connectivity index (χ1) is 11.4. The van der Waals surface area contributed by atoms with E-state index in [-0.39, 0.29) is 6.61 Å². The molecule has 0 radical (unpaired) electrons. The lowest BCUT2D eigenvalue weighted by atomic mass is 10.0. The van der Waals surface area contributed by atoms with Crippen molar-refractivity contribution in [1.29, 1.82) is 0 Å². The summed E-state index contributed by atoms with van der Waals surface area (Å²) in [5, 5.41) is 0. The molecule has 0 saturated carbocycles. The Kier molecular flexibility index (Phi) is 5.86. The third kappa shape index (κ3) is 4.51. The van der Waals surface area contributed by atoms with Gasteiger partial charge in [-0.1, -0.05) is 6.07 Å². The van der Waals surface area contributed by atoms with Crippen LogP contribution < -0.4 is 4.57 Å². The van der Waals surface area contributed by atoms with E-state index in [1.54, 1.807) is 29.1 Å². The lowest BCUT2D eigenvalue weighted by molar-refractivity contribution is -0.774. The third-order valence-electron chi connectivity index (χ3n) is 3.36. The van der Waals surface area contributed by atoms with Gasteiger partial charge in [0.2, 0.25) is 6.10 Å². The van der Waals surface area contributed by atoms with Crippen LogP contribution in [0.4, 0.5) is 0 Å². The summed E-state index contributed by atoms with van der Waals surface area (Å²) in [7, 11) is 0. The van der Waals surface area contributed by atoms with E-state index in [1.807, 2.05) is 6.07 Å². The van der Waals surface area contributed by atoms with Crippen LogP contribution in [0.5, 0.6) is 0 Å². The van der Waals surface area contributed by atoms with Crippen molar-refractivity contribution in [2.24, 2.45) is 0 Å². The first-order valence-electron chi connectivity index (χ1n) is 7.47. The van der Waals surface area contributed by atoms with Gasteiger partial charge in [-0.2, -0.15) is 4.57 Å². The van der Waals surface area contributed by atoms with Crippen LogP contribution in [0.15, 0.2) is 30.6 Å². The summed E-state index contributed by atoms with van der Waals surface area (Å²) in [5.74, 6) is -1.69. The van der Waals surface area contributed by atoms with Crippen molar-refractivity contribution in [3.05, 3.63) is 30.6 Å². The van der Waals surface area contributed by atoms with E-state index >= 15 is 0 Å². The van der Waals surface area contributed by atoms with Crippen LogP contribution >= 0.6 is 0 Å². The molecule has 0 aliphatic carbocycles. The van der Waals surface area contributed by atoms with Gasteiger partial charge < -0.3 is 18.9 Å². The van der Waals surface area contributed by atoms with E-state index in [2.05, 4.69) is 0 Å². The fourth-order valence-electron chi connectivity index (χ4n) is 2.56. The van der Waals surface area contributed by atoms with Crippen LogP contribution in [-0.2, 0) is 33.3 Å². The number of esters is 3. The summed E-state index contributed by atoms with van der Waals surface area (Å²) in [6, 6.07) is 5.39. The molecule has 2 rings (SSSR count). The second-order valence-corrected chi connectivity index (χ2v) is 5.34. The Morgan fingerprint density at radius 2 is 1.42 bits per heavy atom. The summed E-state index contributed by atoms with van der Waals surface area (Å²) >= 11 is 0. The zero-order valence-corrected chi connectivity index (χ0v) is 13.7. The van der Waals surface area contributed by atoms with Crippen molar-refractivity contribution in [3.63, 3.8) is 0 Å². The molecule has 8 nitrogen and oxygen atoms in total. The van der Waals surface area contributed by atoms with Gasteiger partial charge in [0.25, 0.3) is 0 Å². The highest BCUT2D eigenvalue weighted by Crippen LogP contribution is 2.27. The van der Waals surface area contributed by atoms with Gasteiger partial charge in [-0.15, -0.1) is 0 Å². The molecule has 1 aromatic rings. The van der Waals surface area contributed by atoms with Gasteiger partial charge >= 0.3 is 24.1 Å². The van der Waals surface area contributed by atoms with Crippen molar-refractivity contribution >= 4 is 17.9 Å². The van der Waals surface area contributed by atoms with Gasteiger partial charge in [0.05, 0.1) is 6.61 Å². The maximum absolute atomic E-state index is 11.5. The normalized spacial score (nSPS) is 26.3. The summed E-state index contributed by atoms with van der Waals surface area (Å²) in [6.45, 7) is 3.72. The van der Waals surface area contributed by atoms with Crippen LogP contribution in [-0.4, -0.2) is 42.8 Å². The Morgan fingerprint density at radius 3 is 1.96 bits per heavy atom. The fourth-order valence-corrected chi connectivity index (χ4v) is 2.56. The minimum Gasteiger partial charge on any atom is -0.456 e. The number of carbonyl (C=O) groups excluding carboxylic acids is 3. The summed E-state index contributed by atoms with van der Waals surface area (Å²) in [6.07, 6.45) is -0.0442. The molecule has 0 amide bonds. The van der Waals surface area contributed by atoms with Gasteiger partial charge in [0.1, 0.15) is 0 Å². The van der Waals surface area contributed by atoms with Crippen LogP contribution in [0.1, 0.15) is 27.0 Å². The topological polar surface area (TPSA) is 92.0 Å². The summed E-state index contributed by atoms with van der Waals surface area (Å²) < 4.78 is 23.2. The van der Waals surface area contributed by atoms with Crippen molar-refractivity contribution < 1.29 is 37.9 Å². The first kappa shape index (κ1) is 17.9. The Balaban J connectivity index is 2.34. The number of pyridine rings is 1. The van der Waals surface area contributed by atoms with E-state index < -0.39 is 42.4 Å². The summed E-state index contributed by atoms with van der Waals surface area (Å²) in [5.41, 5.74) is 0. The highest BCUT2D eigenvalue weighted by atomic mass is 16.6. The van der Waals surface area contributed by atoms with Crippen molar-refractivity contribution in [1.82, 2.24) is 0 Å². The molecule has 0 spiro atoms. The SMILES string of the molecule is CC(=O)O[C@@H]1[C@@H](OC(C)=O)[C@@H]([n+]2ccccc2)OC[C@H]1OC(C)=O. The monoisotopic (exact) mass is 338 g/mol. The molecule has 1 fully saturated rings. The molecule has 130 valence electrons. The molecule has 2 heterocycles. The number of hydrogen-bond acceptors (Lipinski definition) is 7. The van der Waals surface area contributed by atoms with E-state index in [0.29, 0.717) is 0 Å². The molecule has 4 atom stereocenters. The number of aromatic nitrogens is 1. The largest absolute Gasteiger partial charge is 0.456 e. The second-order valence-electron chi connectivity index (χ2n) is 5.34. The molecule has 1 saturated heterocycles. The van der Waals surface area contributed by atoms with Gasteiger partial charge in [0.15, 0.2) is 24.6 Å². The molecular weight excluding hydrogens is 318 g/mol. The minimum atomic E-state index is -0.971. The zero-order chi connectivity index (χ0) is 17.7. The maximum Gasteiger partial charge on any atom is 0.304 e. The predicted molar refractivity (Wildman–Crippen MR) is 78.3 cm³/mol. The molecule has 0 unspecified atom stereocenters. The lowest BCUT2D eigenvalue weighted by Crippen LogP contribution is -2.61. The molecule has 1 aliphatic heterocycles. The van der Waals surface area contributed by atoms with Crippen LogP contribution in [0.2, 0.25) is 0 Å². The number of nitrogens with zero attached hydrogens (tertiary/aromatic N) is 1. The minimum absolute atomic E-state index is 0.00184. The third-order valence-corrected chi connectivity index (χ3v) is 3.36. The van der Waals surface area contributed by atoms with E-state index in [0.717, 1.165) is 0 Å². The number of carbonyl (C=O) groups is 3. The van der Waals surface area contributed by atoms with Crippen LogP contribution in [0.25, 0.3) is 0 Å². The number of rotatable bonds is 4. The summed E-state index contributed by atoms with van der Waals surface area (Å²) in [4.78, 5) is 34.3. The quantitative estimate of drug-likeness (QED) is 0.443. The fraction of sp³-hybridized carbons (Fsp3) is 0.500. The van der Waals surface area contributed by atoms with Crippen LogP contribution in [0, 0.1) is 0 Å².